The van der Waals surface area contributed by atoms with Crippen molar-refractivity contribution in [2.75, 3.05) is 0 Å². The molecule has 1 saturated carbocycles. The van der Waals surface area contributed by atoms with Crippen molar-refractivity contribution >= 4 is 23.3 Å². The number of hydrogen-bond acceptors (Lipinski definition) is 4. The first kappa shape index (κ1) is 15.0. The Bertz CT molecular complexity index is 685. The van der Waals surface area contributed by atoms with Crippen molar-refractivity contribution in [1.82, 2.24) is 14.7 Å². The van der Waals surface area contributed by atoms with E-state index in [1.165, 1.54) is 11.3 Å². The molecule has 5 nitrogen and oxygen atoms in total. The molecule has 3 rings (SSSR count). The Morgan fingerprint density at radius 3 is 2.95 bits per heavy atom. The van der Waals surface area contributed by atoms with Gasteiger partial charge in [0.05, 0.1) is 12.8 Å². The maximum atomic E-state index is 12.5. The second kappa shape index (κ2) is 6.46. The third-order valence-electron chi connectivity index (χ3n) is 3.63. The number of aliphatic hydroxyl groups excluding tert-OH is 1. The summed E-state index contributed by atoms with van der Waals surface area (Å²) in [5, 5.41) is 15.1. The Labute approximate surface area is 133 Å². The summed E-state index contributed by atoms with van der Waals surface area (Å²) in [5.74, 6) is 0.0327. The highest BCUT2D eigenvalue weighted by Crippen LogP contribution is 2.29. The zero-order valence-electron chi connectivity index (χ0n) is 12.5. The van der Waals surface area contributed by atoms with E-state index < -0.39 is 0 Å². The molecule has 22 heavy (non-hydrogen) atoms. The van der Waals surface area contributed by atoms with Gasteiger partial charge in [-0.25, -0.2) is 0 Å². The van der Waals surface area contributed by atoms with Gasteiger partial charge in [-0.15, -0.1) is 11.3 Å². The van der Waals surface area contributed by atoms with Gasteiger partial charge in [0.2, 0.25) is 5.91 Å². The molecule has 1 N–H and O–H groups in total. The maximum Gasteiger partial charge on any atom is 0.247 e. The molecule has 1 fully saturated rings. The lowest BCUT2D eigenvalue weighted by Crippen LogP contribution is -2.30. The molecular formula is C16H19N3O2S. The monoisotopic (exact) mass is 317 g/mol. The molecule has 1 aliphatic carbocycles. The molecule has 0 saturated heterocycles. The number of aryl methyl sites for hydroxylation is 1. The molecule has 0 aromatic carbocycles. The second-order valence-corrected chi connectivity index (χ2v) is 6.51. The average Bonchev–Trinajstić information content (AvgIpc) is 3.10. The van der Waals surface area contributed by atoms with Gasteiger partial charge in [0, 0.05) is 42.3 Å². The van der Waals surface area contributed by atoms with Crippen molar-refractivity contribution in [3.63, 3.8) is 0 Å². The summed E-state index contributed by atoms with van der Waals surface area (Å²) in [6.45, 7) is 0.640. The van der Waals surface area contributed by atoms with E-state index in [0.29, 0.717) is 12.6 Å². The van der Waals surface area contributed by atoms with Crippen molar-refractivity contribution in [2.45, 2.75) is 32.0 Å². The van der Waals surface area contributed by atoms with Gasteiger partial charge in [0.25, 0.3) is 0 Å². The van der Waals surface area contributed by atoms with Crippen LogP contribution in [0.2, 0.25) is 0 Å². The van der Waals surface area contributed by atoms with Crippen LogP contribution in [-0.4, -0.2) is 31.7 Å². The Morgan fingerprint density at radius 1 is 1.55 bits per heavy atom. The molecule has 0 aliphatic heterocycles. The Balaban J connectivity index is 1.67. The zero-order chi connectivity index (χ0) is 15.5. The van der Waals surface area contributed by atoms with Crippen LogP contribution in [-0.2, 0) is 25.0 Å². The first-order valence-electron chi connectivity index (χ1n) is 7.30. The van der Waals surface area contributed by atoms with Crippen LogP contribution in [0, 0.1) is 0 Å². The number of rotatable bonds is 6. The summed E-state index contributed by atoms with van der Waals surface area (Å²) in [5.41, 5.74) is 1.93. The van der Waals surface area contributed by atoms with Gasteiger partial charge in [-0.1, -0.05) is 0 Å². The van der Waals surface area contributed by atoms with E-state index in [-0.39, 0.29) is 12.5 Å². The molecular weight excluding hydrogens is 298 g/mol. The van der Waals surface area contributed by atoms with E-state index in [2.05, 4.69) is 5.10 Å². The van der Waals surface area contributed by atoms with E-state index in [1.54, 1.807) is 17.0 Å². The minimum Gasteiger partial charge on any atom is -0.392 e. The molecule has 1 aliphatic rings. The Hall–Kier alpha value is -1.92. The Kier molecular flexibility index (Phi) is 4.40. The smallest absolute Gasteiger partial charge is 0.247 e. The highest BCUT2D eigenvalue weighted by Gasteiger charge is 2.31. The number of carbonyl (C=O) groups is 1. The van der Waals surface area contributed by atoms with Crippen LogP contribution in [0.15, 0.2) is 29.9 Å². The first-order valence-corrected chi connectivity index (χ1v) is 8.18. The zero-order valence-corrected chi connectivity index (χ0v) is 13.3. The number of aromatic nitrogens is 2. The van der Waals surface area contributed by atoms with Crippen molar-refractivity contribution in [3.8, 4) is 0 Å². The van der Waals surface area contributed by atoms with Crippen molar-refractivity contribution in [1.29, 1.82) is 0 Å². The van der Waals surface area contributed by atoms with E-state index in [1.807, 2.05) is 35.7 Å². The molecule has 0 spiro atoms. The maximum absolute atomic E-state index is 12.5. The molecule has 0 atom stereocenters. The lowest BCUT2D eigenvalue weighted by atomic mass is 10.3. The number of nitrogens with zero attached hydrogens (tertiary/aromatic N) is 3. The normalized spacial score (nSPS) is 14.6. The van der Waals surface area contributed by atoms with Gasteiger partial charge in [0.15, 0.2) is 0 Å². The van der Waals surface area contributed by atoms with Crippen LogP contribution in [0.25, 0.3) is 6.08 Å². The fourth-order valence-electron chi connectivity index (χ4n) is 2.34. The molecule has 116 valence electrons. The predicted octanol–water partition coefficient (Wildman–Crippen LogP) is 2.18. The van der Waals surface area contributed by atoms with Crippen LogP contribution < -0.4 is 0 Å². The third kappa shape index (κ3) is 3.64. The van der Waals surface area contributed by atoms with E-state index >= 15 is 0 Å². The molecule has 2 aromatic heterocycles. The van der Waals surface area contributed by atoms with Gasteiger partial charge in [-0.3, -0.25) is 9.48 Å². The van der Waals surface area contributed by atoms with Crippen LogP contribution in [0.4, 0.5) is 0 Å². The molecule has 1 amide bonds. The van der Waals surface area contributed by atoms with Crippen LogP contribution >= 0.6 is 11.3 Å². The summed E-state index contributed by atoms with van der Waals surface area (Å²) in [7, 11) is 1.88. The summed E-state index contributed by atoms with van der Waals surface area (Å²) in [6, 6.07) is 2.26. The predicted molar refractivity (Wildman–Crippen MR) is 86.1 cm³/mol. The molecule has 0 unspecified atom stereocenters. The van der Waals surface area contributed by atoms with Gasteiger partial charge in [-0.2, -0.15) is 5.10 Å². The van der Waals surface area contributed by atoms with Gasteiger partial charge < -0.3 is 10.0 Å². The van der Waals surface area contributed by atoms with Gasteiger partial charge in [0.1, 0.15) is 0 Å². The van der Waals surface area contributed by atoms with Gasteiger partial charge in [-0.05, 0) is 35.9 Å². The number of carbonyl (C=O) groups excluding carboxylic acids is 1. The van der Waals surface area contributed by atoms with Crippen molar-refractivity contribution < 1.29 is 9.90 Å². The molecule has 0 radical (unpaired) electrons. The van der Waals surface area contributed by atoms with Gasteiger partial charge >= 0.3 is 0 Å². The van der Waals surface area contributed by atoms with Crippen LogP contribution in [0.5, 0.6) is 0 Å². The summed E-state index contributed by atoms with van der Waals surface area (Å²) in [6.07, 6.45) is 9.35. The first-order chi connectivity index (χ1) is 10.7. The largest absolute Gasteiger partial charge is 0.392 e. The average molecular weight is 317 g/mol. The lowest BCUT2D eigenvalue weighted by molar-refractivity contribution is -0.127. The topological polar surface area (TPSA) is 58.4 Å². The van der Waals surface area contributed by atoms with E-state index in [9.17, 15) is 4.79 Å². The second-order valence-electron chi connectivity index (χ2n) is 5.57. The lowest BCUT2D eigenvalue weighted by Gasteiger charge is -2.19. The molecule has 2 heterocycles. The van der Waals surface area contributed by atoms with E-state index in [0.717, 1.165) is 28.8 Å². The highest BCUT2D eigenvalue weighted by molar-refractivity contribution is 7.11. The summed E-state index contributed by atoms with van der Waals surface area (Å²) in [4.78, 5) is 15.3. The summed E-state index contributed by atoms with van der Waals surface area (Å²) >= 11 is 1.53. The van der Waals surface area contributed by atoms with Crippen molar-refractivity contribution in [2.24, 2.45) is 7.05 Å². The van der Waals surface area contributed by atoms with Crippen molar-refractivity contribution in [3.05, 3.63) is 45.9 Å². The summed E-state index contributed by atoms with van der Waals surface area (Å²) < 4.78 is 1.75. The molecule has 6 heteroatoms. The van der Waals surface area contributed by atoms with Crippen LogP contribution in [0.1, 0.15) is 28.8 Å². The standard InChI is InChI=1S/C16H19N3O2S/c1-18-8-13(7-17-18)9-19(14-2-3-14)16(21)5-4-15-6-12(10-20)11-22-15/h4-8,11,14,20H,2-3,9-10H2,1H3. The number of amides is 1. The molecule has 0 bridgehead atoms. The van der Waals surface area contributed by atoms with E-state index in [4.69, 9.17) is 5.11 Å². The SMILES string of the molecule is Cn1cc(CN(C(=O)C=Cc2cc(CO)cs2)C2CC2)cn1. The quantitative estimate of drug-likeness (QED) is 0.831. The van der Waals surface area contributed by atoms with Crippen LogP contribution in [0.3, 0.4) is 0 Å². The molecule has 2 aromatic rings. The fraction of sp³-hybridized carbons (Fsp3) is 0.375. The third-order valence-corrected chi connectivity index (χ3v) is 4.58. The minimum atomic E-state index is 0.0327. The number of thiophene rings is 1. The Morgan fingerprint density at radius 2 is 2.36 bits per heavy atom. The highest BCUT2D eigenvalue weighted by atomic mass is 32.1. The fourth-order valence-corrected chi connectivity index (χ4v) is 3.13. The minimum absolute atomic E-state index is 0.0327. The number of hydrogen-bond donors (Lipinski definition) is 1. The number of aliphatic hydroxyl groups is 1.